The van der Waals surface area contributed by atoms with Crippen LogP contribution in [-0.4, -0.2) is 14.7 Å². The van der Waals surface area contributed by atoms with E-state index in [4.69, 9.17) is 0 Å². The van der Waals surface area contributed by atoms with E-state index < -0.39 is 9.84 Å². The fourth-order valence-corrected chi connectivity index (χ4v) is 2.92. The van der Waals surface area contributed by atoms with Crippen LogP contribution in [-0.2, 0) is 9.84 Å². The minimum Gasteiger partial charge on any atom is -0.224 e. The predicted molar refractivity (Wildman–Crippen MR) is 59.7 cm³/mol. The summed E-state index contributed by atoms with van der Waals surface area (Å²) in [6.45, 7) is 1.77. The number of hydrogen-bond donors (Lipinski definition) is 0. The molecule has 0 bridgehead atoms. The van der Waals surface area contributed by atoms with Gasteiger partial charge < -0.3 is 0 Å². The molecule has 0 unspecified atom stereocenters. The van der Waals surface area contributed by atoms with E-state index in [0.717, 1.165) is 14.5 Å². The maximum absolute atomic E-state index is 11.3. The van der Waals surface area contributed by atoms with Crippen molar-refractivity contribution in [2.75, 3.05) is 6.26 Å². The second kappa shape index (κ2) is 3.71. The van der Waals surface area contributed by atoms with Crippen molar-refractivity contribution in [1.29, 1.82) is 0 Å². The highest BCUT2D eigenvalue weighted by atomic mass is 79.9. The van der Waals surface area contributed by atoms with Gasteiger partial charge in [0.15, 0.2) is 9.84 Å². The van der Waals surface area contributed by atoms with Gasteiger partial charge in [0.25, 0.3) is 0 Å². The van der Waals surface area contributed by atoms with Crippen molar-refractivity contribution in [2.45, 2.75) is 11.8 Å². The van der Waals surface area contributed by atoms with Crippen LogP contribution >= 0.6 is 31.9 Å². The van der Waals surface area contributed by atoms with E-state index in [1.54, 1.807) is 19.1 Å². The zero-order valence-electron chi connectivity index (χ0n) is 7.14. The number of rotatable bonds is 1. The van der Waals surface area contributed by atoms with Gasteiger partial charge in [-0.15, -0.1) is 0 Å². The van der Waals surface area contributed by atoms with Gasteiger partial charge in [0.1, 0.15) is 0 Å². The highest BCUT2D eigenvalue weighted by Crippen LogP contribution is 2.30. The highest BCUT2D eigenvalue weighted by Gasteiger charge is 2.13. The number of benzene rings is 1. The molecule has 0 aliphatic rings. The Morgan fingerprint density at radius 2 is 1.77 bits per heavy atom. The molecule has 13 heavy (non-hydrogen) atoms. The quantitative estimate of drug-likeness (QED) is 0.794. The summed E-state index contributed by atoms with van der Waals surface area (Å²) in [5, 5.41) is 0. The van der Waals surface area contributed by atoms with E-state index in [0.29, 0.717) is 4.90 Å². The van der Waals surface area contributed by atoms with Gasteiger partial charge in [-0.25, -0.2) is 8.42 Å². The van der Waals surface area contributed by atoms with E-state index in [1.165, 1.54) is 6.26 Å². The molecule has 0 aromatic heterocycles. The van der Waals surface area contributed by atoms with E-state index in [9.17, 15) is 8.42 Å². The van der Waals surface area contributed by atoms with Crippen molar-refractivity contribution in [3.63, 3.8) is 0 Å². The maximum atomic E-state index is 11.3. The molecule has 0 amide bonds. The molecule has 0 atom stereocenters. The summed E-state index contributed by atoms with van der Waals surface area (Å²) in [6.07, 6.45) is 1.20. The summed E-state index contributed by atoms with van der Waals surface area (Å²) < 4.78 is 24.2. The van der Waals surface area contributed by atoms with Crippen LogP contribution in [0.5, 0.6) is 0 Å². The van der Waals surface area contributed by atoms with Gasteiger partial charge >= 0.3 is 0 Å². The van der Waals surface area contributed by atoms with Crippen LogP contribution in [0.1, 0.15) is 5.56 Å². The van der Waals surface area contributed by atoms with Gasteiger partial charge in [-0.1, -0.05) is 0 Å². The topological polar surface area (TPSA) is 34.1 Å². The number of halogens is 2. The first-order valence-corrected chi connectivity index (χ1v) is 6.96. The van der Waals surface area contributed by atoms with Crippen molar-refractivity contribution in [3.05, 3.63) is 26.6 Å². The SMILES string of the molecule is Cc1c(S(C)(=O)=O)ccc(Br)c1Br. The van der Waals surface area contributed by atoms with Gasteiger partial charge in [0.2, 0.25) is 0 Å². The van der Waals surface area contributed by atoms with Gasteiger partial charge in [0.05, 0.1) is 4.90 Å². The molecule has 0 radical (unpaired) electrons. The normalized spacial score (nSPS) is 11.7. The van der Waals surface area contributed by atoms with Crippen LogP contribution in [0.3, 0.4) is 0 Å². The lowest BCUT2D eigenvalue weighted by molar-refractivity contribution is 0.601. The molecule has 1 rings (SSSR count). The van der Waals surface area contributed by atoms with E-state index in [2.05, 4.69) is 31.9 Å². The Bertz CT molecular complexity index is 438. The zero-order valence-corrected chi connectivity index (χ0v) is 11.1. The van der Waals surface area contributed by atoms with Crippen LogP contribution in [0.2, 0.25) is 0 Å². The molecule has 0 spiro atoms. The highest BCUT2D eigenvalue weighted by molar-refractivity contribution is 9.13. The second-order valence-corrected chi connectivity index (χ2v) is 6.39. The molecule has 0 aliphatic heterocycles. The smallest absolute Gasteiger partial charge is 0.175 e. The molecular weight excluding hydrogens is 320 g/mol. The van der Waals surface area contributed by atoms with Crippen LogP contribution in [0.4, 0.5) is 0 Å². The Balaban J connectivity index is 3.53. The van der Waals surface area contributed by atoms with Crippen molar-refractivity contribution in [2.24, 2.45) is 0 Å². The Morgan fingerprint density at radius 1 is 1.23 bits per heavy atom. The Labute approximate surface area is 94.5 Å². The first-order chi connectivity index (χ1) is 5.84. The first kappa shape index (κ1) is 11.2. The standard InChI is InChI=1S/C8H8Br2O2S/c1-5-7(13(2,11)12)4-3-6(9)8(5)10/h3-4H,1-2H3. The first-order valence-electron chi connectivity index (χ1n) is 3.48. The van der Waals surface area contributed by atoms with Gasteiger partial charge in [-0.3, -0.25) is 0 Å². The van der Waals surface area contributed by atoms with Gasteiger partial charge in [0, 0.05) is 15.2 Å². The van der Waals surface area contributed by atoms with Crippen molar-refractivity contribution >= 4 is 41.7 Å². The van der Waals surface area contributed by atoms with Crippen molar-refractivity contribution in [3.8, 4) is 0 Å². The summed E-state index contributed by atoms with van der Waals surface area (Å²) in [4.78, 5) is 0.363. The van der Waals surface area contributed by atoms with Crippen LogP contribution < -0.4 is 0 Å². The molecule has 0 aliphatic carbocycles. The number of sulfone groups is 1. The third kappa shape index (κ3) is 2.33. The van der Waals surface area contributed by atoms with E-state index >= 15 is 0 Å². The molecule has 1 aromatic rings. The lowest BCUT2D eigenvalue weighted by atomic mass is 10.2. The Morgan fingerprint density at radius 3 is 2.23 bits per heavy atom. The van der Waals surface area contributed by atoms with E-state index in [1.807, 2.05) is 0 Å². The molecule has 2 nitrogen and oxygen atoms in total. The largest absolute Gasteiger partial charge is 0.224 e. The zero-order chi connectivity index (χ0) is 10.2. The average Bonchev–Trinajstić information content (AvgIpc) is 1.98. The van der Waals surface area contributed by atoms with Crippen LogP contribution in [0.15, 0.2) is 26.0 Å². The monoisotopic (exact) mass is 326 g/mol. The number of hydrogen-bond acceptors (Lipinski definition) is 2. The molecule has 1 aromatic carbocycles. The predicted octanol–water partition coefficient (Wildman–Crippen LogP) is 2.92. The minimum atomic E-state index is -3.12. The molecule has 0 saturated heterocycles. The summed E-state index contributed by atoms with van der Waals surface area (Å²) >= 11 is 6.62. The fourth-order valence-electron chi connectivity index (χ4n) is 1.04. The molecule has 0 heterocycles. The molecular formula is C8H8Br2O2S. The third-order valence-electron chi connectivity index (χ3n) is 1.69. The average molecular weight is 328 g/mol. The van der Waals surface area contributed by atoms with Crippen LogP contribution in [0.25, 0.3) is 0 Å². The lowest BCUT2D eigenvalue weighted by Gasteiger charge is -2.06. The summed E-state index contributed by atoms with van der Waals surface area (Å²) in [7, 11) is -3.12. The minimum absolute atomic E-state index is 0.363. The van der Waals surface area contributed by atoms with Crippen LogP contribution in [0, 0.1) is 6.92 Å². The molecule has 0 N–H and O–H groups in total. The Hall–Kier alpha value is 0.130. The van der Waals surface area contributed by atoms with Gasteiger partial charge in [-0.05, 0) is 56.5 Å². The second-order valence-electron chi connectivity index (χ2n) is 2.76. The fraction of sp³-hybridized carbons (Fsp3) is 0.250. The third-order valence-corrected chi connectivity index (χ3v) is 5.15. The summed E-state index contributed by atoms with van der Waals surface area (Å²) in [5.74, 6) is 0. The summed E-state index contributed by atoms with van der Waals surface area (Å²) in [6, 6.07) is 3.31. The maximum Gasteiger partial charge on any atom is 0.175 e. The summed E-state index contributed by atoms with van der Waals surface area (Å²) in [5.41, 5.74) is 0.733. The Kier molecular flexibility index (Phi) is 3.20. The van der Waals surface area contributed by atoms with E-state index in [-0.39, 0.29) is 0 Å². The molecule has 5 heteroatoms. The molecule has 0 fully saturated rings. The lowest BCUT2D eigenvalue weighted by Crippen LogP contribution is -2.00. The van der Waals surface area contributed by atoms with Gasteiger partial charge in [-0.2, -0.15) is 0 Å². The van der Waals surface area contributed by atoms with Crippen molar-refractivity contribution < 1.29 is 8.42 Å². The molecule has 0 saturated carbocycles. The molecule has 72 valence electrons. The van der Waals surface area contributed by atoms with Crippen molar-refractivity contribution in [1.82, 2.24) is 0 Å².